The number of fused-ring (bicyclic) bond motifs is 2. The molecular weight excluding hydrogens is 272 g/mol. The Labute approximate surface area is 119 Å². The largest absolute Gasteiger partial charge is 0.462 e. The summed E-state index contributed by atoms with van der Waals surface area (Å²) >= 11 is 0. The fourth-order valence-corrected chi connectivity index (χ4v) is 2.11. The molecule has 3 rings (SSSR count). The Hall–Kier alpha value is -2.89. The number of nitrogen functional groups attached to an aromatic ring is 1. The third kappa shape index (κ3) is 2.10. The van der Waals surface area contributed by atoms with Gasteiger partial charge >= 0.3 is 5.97 Å². The number of rotatable bonds is 2. The van der Waals surface area contributed by atoms with Crippen LogP contribution in [0, 0.1) is 0 Å². The van der Waals surface area contributed by atoms with Crippen LogP contribution in [0.15, 0.2) is 39.5 Å². The van der Waals surface area contributed by atoms with E-state index in [4.69, 9.17) is 14.9 Å². The van der Waals surface area contributed by atoms with Crippen molar-refractivity contribution in [2.45, 2.75) is 6.92 Å². The second kappa shape index (κ2) is 4.90. The summed E-state index contributed by atoms with van der Waals surface area (Å²) in [7, 11) is 0. The molecule has 21 heavy (non-hydrogen) atoms. The number of ether oxygens (including phenoxy) is 1. The van der Waals surface area contributed by atoms with Crippen molar-refractivity contribution in [2.75, 3.05) is 12.3 Å². The Balaban J connectivity index is 2.40. The molecule has 0 fully saturated rings. The van der Waals surface area contributed by atoms with Crippen LogP contribution in [-0.2, 0) is 4.74 Å². The van der Waals surface area contributed by atoms with Crippen molar-refractivity contribution in [3.63, 3.8) is 0 Å². The Morgan fingerprint density at radius 2 is 2.14 bits per heavy atom. The average Bonchev–Trinajstić information content (AvgIpc) is 2.47. The molecule has 0 unspecified atom stereocenters. The topological polar surface area (TPSA) is 95.4 Å². The molecule has 0 bridgehead atoms. The first kappa shape index (κ1) is 13.1. The molecule has 0 spiro atoms. The lowest BCUT2D eigenvalue weighted by Crippen LogP contribution is -2.19. The van der Waals surface area contributed by atoms with Crippen LogP contribution in [0.25, 0.3) is 22.6 Å². The van der Waals surface area contributed by atoms with Crippen LogP contribution >= 0.6 is 0 Å². The van der Waals surface area contributed by atoms with Crippen LogP contribution in [0.5, 0.6) is 0 Å². The third-order valence-electron chi connectivity index (χ3n) is 3.06. The predicted molar refractivity (Wildman–Crippen MR) is 77.3 cm³/mol. The van der Waals surface area contributed by atoms with Crippen molar-refractivity contribution in [1.82, 2.24) is 4.98 Å². The van der Waals surface area contributed by atoms with Gasteiger partial charge in [-0.3, -0.25) is 4.79 Å². The van der Waals surface area contributed by atoms with Crippen LogP contribution < -0.4 is 11.2 Å². The third-order valence-corrected chi connectivity index (χ3v) is 3.06. The first-order valence-corrected chi connectivity index (χ1v) is 6.41. The first-order chi connectivity index (χ1) is 10.1. The maximum atomic E-state index is 12.0. The summed E-state index contributed by atoms with van der Waals surface area (Å²) in [6.45, 7) is 1.85. The molecular formula is C15H12N2O4. The summed E-state index contributed by atoms with van der Waals surface area (Å²) in [5, 5.41) is 0. The molecule has 0 aromatic heterocycles. The number of para-hydroxylation sites is 2. The summed E-state index contributed by atoms with van der Waals surface area (Å²) in [5.41, 5.74) is 6.31. The average molecular weight is 284 g/mol. The quantitative estimate of drug-likeness (QED) is 0.439. The highest BCUT2D eigenvalue weighted by Gasteiger charge is 2.25. The van der Waals surface area contributed by atoms with Crippen LogP contribution in [0.4, 0.5) is 5.69 Å². The van der Waals surface area contributed by atoms with Crippen molar-refractivity contribution in [3.8, 4) is 11.5 Å². The van der Waals surface area contributed by atoms with E-state index in [1.54, 1.807) is 31.2 Å². The zero-order valence-electron chi connectivity index (χ0n) is 11.3. The monoisotopic (exact) mass is 284 g/mol. The molecule has 0 saturated heterocycles. The molecule has 1 aliphatic heterocycles. The highest BCUT2D eigenvalue weighted by atomic mass is 16.5. The Bertz CT molecular complexity index is 869. The van der Waals surface area contributed by atoms with E-state index in [0.29, 0.717) is 11.1 Å². The molecule has 0 amide bonds. The van der Waals surface area contributed by atoms with Gasteiger partial charge in [-0.15, -0.1) is 0 Å². The van der Waals surface area contributed by atoms with Crippen molar-refractivity contribution in [2.24, 2.45) is 0 Å². The molecule has 2 N–H and O–H groups in total. The minimum atomic E-state index is -0.685. The van der Waals surface area contributed by atoms with E-state index >= 15 is 0 Å². The molecule has 106 valence electrons. The fraction of sp³-hybridized carbons (Fsp3) is 0.133. The number of anilines is 1. The van der Waals surface area contributed by atoms with Gasteiger partial charge < -0.3 is 14.9 Å². The van der Waals surface area contributed by atoms with Crippen molar-refractivity contribution in [1.29, 1.82) is 0 Å². The van der Waals surface area contributed by atoms with Crippen molar-refractivity contribution >= 4 is 22.8 Å². The molecule has 6 nitrogen and oxygen atoms in total. The van der Waals surface area contributed by atoms with Crippen LogP contribution in [0.2, 0.25) is 0 Å². The lowest BCUT2D eigenvalue weighted by atomic mass is 10.1. The van der Waals surface area contributed by atoms with Crippen molar-refractivity contribution < 1.29 is 13.9 Å². The van der Waals surface area contributed by atoms with E-state index in [-0.39, 0.29) is 29.3 Å². The van der Waals surface area contributed by atoms with Crippen LogP contribution in [0.1, 0.15) is 17.3 Å². The summed E-state index contributed by atoms with van der Waals surface area (Å²) in [5.74, 6) is -0.480. The lowest BCUT2D eigenvalue weighted by Gasteiger charge is -2.12. The number of esters is 1. The van der Waals surface area contributed by atoms with Gasteiger partial charge in [0, 0.05) is 6.07 Å². The lowest BCUT2D eigenvalue weighted by molar-refractivity contribution is 0.0528. The second-order valence-corrected chi connectivity index (χ2v) is 4.41. The Morgan fingerprint density at radius 1 is 1.38 bits per heavy atom. The zero-order valence-corrected chi connectivity index (χ0v) is 11.3. The number of nitrogens with zero attached hydrogens (tertiary/aromatic N) is 1. The van der Waals surface area contributed by atoms with Crippen LogP contribution in [-0.4, -0.2) is 17.6 Å². The van der Waals surface area contributed by atoms with E-state index < -0.39 is 11.4 Å². The summed E-state index contributed by atoms with van der Waals surface area (Å²) in [4.78, 5) is 28.3. The van der Waals surface area contributed by atoms with E-state index in [0.717, 1.165) is 0 Å². The highest BCUT2D eigenvalue weighted by Crippen LogP contribution is 2.29. The number of aromatic nitrogens is 1. The molecule has 1 aliphatic carbocycles. The Morgan fingerprint density at radius 3 is 2.90 bits per heavy atom. The van der Waals surface area contributed by atoms with Gasteiger partial charge in [0.1, 0.15) is 16.8 Å². The Kier molecular flexibility index (Phi) is 3.06. The minimum Gasteiger partial charge on any atom is -0.462 e. The molecule has 1 aromatic rings. The smallest absolute Gasteiger partial charge is 0.342 e. The fourth-order valence-electron chi connectivity index (χ4n) is 2.11. The van der Waals surface area contributed by atoms with Gasteiger partial charge in [-0.2, -0.15) is 0 Å². The number of hydrogen-bond acceptors (Lipinski definition) is 6. The van der Waals surface area contributed by atoms with Gasteiger partial charge in [-0.25, -0.2) is 9.78 Å². The second-order valence-electron chi connectivity index (χ2n) is 4.41. The van der Waals surface area contributed by atoms with E-state index in [2.05, 4.69) is 4.98 Å². The highest BCUT2D eigenvalue weighted by molar-refractivity contribution is 6.02. The molecule has 0 saturated carbocycles. The molecule has 1 heterocycles. The van der Waals surface area contributed by atoms with Gasteiger partial charge in [0.2, 0.25) is 5.43 Å². The van der Waals surface area contributed by atoms with Gasteiger partial charge in [0.15, 0.2) is 11.3 Å². The van der Waals surface area contributed by atoms with Gasteiger partial charge in [0.25, 0.3) is 0 Å². The number of carbonyl (C=O) groups is 1. The van der Waals surface area contributed by atoms with E-state index in [1.807, 2.05) is 0 Å². The van der Waals surface area contributed by atoms with Crippen molar-refractivity contribution in [3.05, 3.63) is 46.1 Å². The van der Waals surface area contributed by atoms with E-state index in [9.17, 15) is 9.59 Å². The molecule has 1 aromatic carbocycles. The maximum absolute atomic E-state index is 12.0. The minimum absolute atomic E-state index is 0.0474. The summed E-state index contributed by atoms with van der Waals surface area (Å²) in [6, 6.07) is 8.29. The summed E-state index contributed by atoms with van der Waals surface area (Å²) < 4.78 is 10.6. The number of benzene rings is 2. The SMILES string of the molecule is CCOC(=O)c1c2nc3ccccc3oc-2cc(=O)c1N. The van der Waals surface area contributed by atoms with E-state index in [1.165, 1.54) is 6.07 Å². The molecule has 0 atom stereocenters. The number of hydrogen-bond donors (Lipinski definition) is 1. The first-order valence-electron chi connectivity index (χ1n) is 6.41. The van der Waals surface area contributed by atoms with Gasteiger partial charge in [-0.05, 0) is 19.1 Å². The standard InChI is InChI=1S/C15H12N2O4/c1-2-20-15(19)12-13(16)9(18)7-11-14(12)17-8-5-3-4-6-10(8)21-11/h3-7H,2,16H2,1H3. The molecule has 6 heteroatoms. The number of nitrogens with two attached hydrogens (primary N) is 1. The predicted octanol–water partition coefficient (Wildman–Crippen LogP) is 2.05. The number of carbonyl (C=O) groups excluding carboxylic acids is 1. The zero-order chi connectivity index (χ0) is 15.0. The van der Waals surface area contributed by atoms with Gasteiger partial charge in [-0.1, -0.05) is 12.1 Å². The molecule has 0 radical (unpaired) electrons. The maximum Gasteiger partial charge on any atom is 0.342 e. The summed E-state index contributed by atoms with van der Waals surface area (Å²) in [6.07, 6.45) is 0. The van der Waals surface area contributed by atoms with Crippen LogP contribution in [0.3, 0.4) is 0 Å². The van der Waals surface area contributed by atoms with Gasteiger partial charge in [0.05, 0.1) is 12.3 Å². The normalized spacial score (nSPS) is 10.9. The molecule has 2 aliphatic rings.